The Bertz CT molecular complexity index is 1860. The van der Waals surface area contributed by atoms with Gasteiger partial charge in [-0.3, -0.25) is 0 Å². The number of anilines is 1. The molecular formula is C42H46BF10N3. The van der Waals surface area contributed by atoms with Crippen LogP contribution in [0.4, 0.5) is 49.6 Å². The first-order valence-electron chi connectivity index (χ1n) is 19.1. The fraction of sp³-hybridized carbons (Fsp3) is 0.405. The van der Waals surface area contributed by atoms with Gasteiger partial charge in [0.15, 0.2) is 41.2 Å². The third kappa shape index (κ3) is 8.02. The number of halogens is 10. The SMILES string of the molecule is CCCC[N+](CCCC)(CCCC)CCCC.N#CC1c2ccccc2[B-](c2c(F)c(F)c(F)c(F)c2F)(c2c(F)c(F)c(F)c(F)c2F)N1c1ccccc1. The Morgan fingerprint density at radius 1 is 0.518 bits per heavy atom. The van der Waals surface area contributed by atoms with Gasteiger partial charge < -0.3 is 9.29 Å². The maximum absolute atomic E-state index is 15.6. The first-order valence-corrected chi connectivity index (χ1v) is 19.1. The summed E-state index contributed by atoms with van der Waals surface area (Å²) in [4.78, 5) is 0.626. The van der Waals surface area contributed by atoms with Gasteiger partial charge in [-0.1, -0.05) is 95.8 Å². The molecule has 1 atom stereocenters. The average Bonchev–Trinajstić information content (AvgIpc) is 3.51. The monoisotopic (exact) mass is 793 g/mol. The van der Waals surface area contributed by atoms with E-state index in [4.69, 9.17) is 0 Å². The fourth-order valence-electron chi connectivity index (χ4n) is 8.12. The molecule has 302 valence electrons. The van der Waals surface area contributed by atoms with Crippen LogP contribution in [0.15, 0.2) is 54.6 Å². The molecule has 0 saturated heterocycles. The third-order valence-electron chi connectivity index (χ3n) is 10.9. The average molecular weight is 794 g/mol. The first-order chi connectivity index (χ1) is 26.8. The van der Waals surface area contributed by atoms with E-state index in [1.54, 1.807) is 6.07 Å². The Balaban J connectivity index is 0.000000347. The van der Waals surface area contributed by atoms with Crippen molar-refractivity contribution < 1.29 is 48.4 Å². The van der Waals surface area contributed by atoms with Crippen LogP contribution in [-0.4, -0.2) is 36.9 Å². The predicted octanol–water partition coefficient (Wildman–Crippen LogP) is 10.1. The van der Waals surface area contributed by atoms with Crippen molar-refractivity contribution in [2.24, 2.45) is 0 Å². The highest BCUT2D eigenvalue weighted by molar-refractivity contribution is 7.15. The summed E-state index contributed by atoms with van der Waals surface area (Å²) >= 11 is 0. The van der Waals surface area contributed by atoms with Crippen molar-refractivity contribution in [3.63, 3.8) is 0 Å². The zero-order valence-electron chi connectivity index (χ0n) is 32.0. The van der Waals surface area contributed by atoms with Gasteiger partial charge in [-0.15, -0.1) is 10.9 Å². The van der Waals surface area contributed by atoms with Gasteiger partial charge in [0, 0.05) is 0 Å². The highest BCUT2D eigenvalue weighted by Gasteiger charge is 2.54. The second-order valence-electron chi connectivity index (χ2n) is 14.3. The number of hydrogen-bond acceptors (Lipinski definition) is 2. The van der Waals surface area contributed by atoms with Crippen molar-refractivity contribution in [1.29, 1.82) is 5.26 Å². The topological polar surface area (TPSA) is 27.0 Å². The van der Waals surface area contributed by atoms with Gasteiger partial charge in [0.2, 0.25) is 0 Å². The van der Waals surface area contributed by atoms with Crippen LogP contribution in [0.3, 0.4) is 0 Å². The smallest absolute Gasteiger partial charge is 0.200 e. The number of rotatable bonds is 15. The van der Waals surface area contributed by atoms with E-state index in [1.165, 1.54) is 124 Å². The summed E-state index contributed by atoms with van der Waals surface area (Å²) in [7, 11) is 0. The second kappa shape index (κ2) is 19.1. The first kappa shape index (κ1) is 44.2. The largest absolute Gasteiger partial charge is 0.516 e. The van der Waals surface area contributed by atoms with Crippen molar-refractivity contribution >= 4 is 28.4 Å². The molecule has 0 bridgehead atoms. The van der Waals surface area contributed by atoms with E-state index >= 15 is 17.6 Å². The Kier molecular flexibility index (Phi) is 15.1. The minimum Gasteiger partial charge on any atom is -0.516 e. The summed E-state index contributed by atoms with van der Waals surface area (Å²) in [6.07, 6.45) is 6.55. The summed E-state index contributed by atoms with van der Waals surface area (Å²) in [5.74, 6) is -25.7. The van der Waals surface area contributed by atoms with Crippen LogP contribution in [0, 0.1) is 69.5 Å². The van der Waals surface area contributed by atoms with E-state index < -0.39 is 86.9 Å². The maximum atomic E-state index is 15.6. The number of hydrogen-bond donors (Lipinski definition) is 0. The Morgan fingerprint density at radius 3 is 1.21 bits per heavy atom. The summed E-state index contributed by atoms with van der Waals surface area (Å²) in [5.41, 5.74) is -4.85. The van der Waals surface area contributed by atoms with Crippen LogP contribution in [0.2, 0.25) is 0 Å². The molecule has 0 N–H and O–H groups in total. The highest BCUT2D eigenvalue weighted by Crippen LogP contribution is 2.40. The van der Waals surface area contributed by atoms with Crippen LogP contribution in [0.5, 0.6) is 0 Å². The summed E-state index contributed by atoms with van der Waals surface area (Å²) in [6, 6.07) is 11.0. The molecule has 14 heteroatoms. The number of unbranched alkanes of at least 4 members (excludes halogenated alkanes) is 4. The van der Waals surface area contributed by atoms with E-state index in [1.807, 2.05) is 0 Å². The van der Waals surface area contributed by atoms with Crippen molar-refractivity contribution in [3.05, 3.63) is 118 Å². The molecule has 0 aliphatic carbocycles. The number of nitrogens with zero attached hydrogens (tertiary/aromatic N) is 3. The van der Waals surface area contributed by atoms with Crippen LogP contribution < -0.4 is 21.2 Å². The summed E-state index contributed by atoms with van der Waals surface area (Å²) in [6.45, 7) is 15.0. The molecule has 0 amide bonds. The van der Waals surface area contributed by atoms with Crippen LogP contribution in [-0.2, 0) is 0 Å². The van der Waals surface area contributed by atoms with Gasteiger partial charge in [-0.25, -0.2) is 43.9 Å². The number of fused-ring (bicyclic) bond motifs is 1. The minimum atomic E-state index is -4.51. The van der Waals surface area contributed by atoms with Crippen LogP contribution >= 0.6 is 0 Å². The zero-order valence-corrected chi connectivity index (χ0v) is 32.0. The normalized spacial score (nSPS) is 14.7. The lowest BCUT2D eigenvalue weighted by Gasteiger charge is -2.51. The van der Waals surface area contributed by atoms with Gasteiger partial charge >= 0.3 is 0 Å². The maximum Gasteiger partial charge on any atom is 0.200 e. The number of nitriles is 1. The lowest BCUT2D eigenvalue weighted by molar-refractivity contribution is -0.929. The molecule has 5 rings (SSSR count). The minimum absolute atomic E-state index is 0.225. The lowest BCUT2D eigenvalue weighted by atomic mass is 9.23. The van der Waals surface area contributed by atoms with Gasteiger partial charge in [0.05, 0.1) is 32.2 Å². The van der Waals surface area contributed by atoms with Crippen molar-refractivity contribution in [2.45, 2.75) is 85.1 Å². The molecule has 0 aromatic heterocycles. The quantitative estimate of drug-likeness (QED) is 0.0394. The molecule has 1 aliphatic rings. The summed E-state index contributed by atoms with van der Waals surface area (Å²) in [5, 5.41) is 10.1. The Hall–Kier alpha value is -4.51. The standard InChI is InChI=1S/C26H10BF10N2.C16H36N/c28-17-15(18(29)22(33)25(36)21(17)32)27(16-19(30)23(34)26(37)24(35)20(16)31)13-9-5-4-8-12(13)14(10-38)39(27)11-6-2-1-3-7-11;1-5-9-13-17(14-10-6-2,15-11-7-3)16-12-8-4/h1-9,14H;5-16H2,1-4H3/q-1;+1. The number of benzene rings is 4. The third-order valence-corrected chi connectivity index (χ3v) is 10.9. The van der Waals surface area contributed by atoms with E-state index in [2.05, 4.69) is 27.7 Å². The molecular weight excluding hydrogens is 747 g/mol. The van der Waals surface area contributed by atoms with Crippen LogP contribution in [0.1, 0.15) is 90.7 Å². The lowest BCUT2D eigenvalue weighted by Crippen LogP contribution is -2.78. The van der Waals surface area contributed by atoms with Gasteiger partial charge in [0.1, 0.15) is 29.3 Å². The number of quaternary nitrogens is 1. The molecule has 4 aromatic rings. The van der Waals surface area contributed by atoms with Gasteiger partial charge in [0.25, 0.3) is 0 Å². The Labute approximate surface area is 322 Å². The van der Waals surface area contributed by atoms with E-state index in [-0.39, 0.29) is 11.3 Å². The molecule has 3 nitrogen and oxygen atoms in total. The zero-order chi connectivity index (χ0) is 41.4. The van der Waals surface area contributed by atoms with Crippen LogP contribution in [0.25, 0.3) is 0 Å². The van der Waals surface area contributed by atoms with Crippen molar-refractivity contribution in [1.82, 2.24) is 0 Å². The molecule has 1 unspecified atom stereocenters. The molecule has 4 aromatic carbocycles. The number of para-hydroxylation sites is 1. The van der Waals surface area contributed by atoms with Gasteiger partial charge in [-0.2, -0.15) is 10.7 Å². The molecule has 1 heterocycles. The van der Waals surface area contributed by atoms with E-state index in [9.17, 15) is 31.6 Å². The molecule has 0 radical (unpaired) electrons. The molecule has 0 fully saturated rings. The van der Waals surface area contributed by atoms with Crippen molar-refractivity contribution in [2.75, 3.05) is 31.0 Å². The van der Waals surface area contributed by atoms with Crippen molar-refractivity contribution in [3.8, 4) is 6.07 Å². The molecule has 1 aliphatic heterocycles. The summed E-state index contributed by atoms with van der Waals surface area (Å²) < 4.78 is 151. The fourth-order valence-corrected chi connectivity index (χ4v) is 8.12. The van der Waals surface area contributed by atoms with E-state index in [0.29, 0.717) is 4.81 Å². The molecule has 0 saturated carbocycles. The van der Waals surface area contributed by atoms with Gasteiger partial charge in [-0.05, 0) is 49.1 Å². The predicted molar refractivity (Wildman–Crippen MR) is 200 cm³/mol. The second-order valence-corrected chi connectivity index (χ2v) is 14.3. The Morgan fingerprint density at radius 2 is 0.857 bits per heavy atom. The molecule has 56 heavy (non-hydrogen) atoms. The highest BCUT2D eigenvalue weighted by atomic mass is 19.2. The van der Waals surface area contributed by atoms with E-state index in [0.717, 1.165) is 12.1 Å². The molecule has 0 spiro atoms.